The van der Waals surface area contributed by atoms with E-state index in [0.29, 0.717) is 11.3 Å². The van der Waals surface area contributed by atoms with E-state index in [-0.39, 0.29) is 5.60 Å². The van der Waals surface area contributed by atoms with Crippen LogP contribution in [0.4, 0.5) is 0 Å². The highest BCUT2D eigenvalue weighted by Gasteiger charge is 2.21. The van der Waals surface area contributed by atoms with E-state index in [4.69, 9.17) is 9.57 Å². The Morgan fingerprint density at radius 2 is 1.64 bits per heavy atom. The molecule has 0 rings (SSSR count). The summed E-state index contributed by atoms with van der Waals surface area (Å²) in [5.74, 6) is 0. The molecular weight excluding hydrogens is 142 g/mol. The zero-order valence-corrected chi connectivity index (χ0v) is 8.47. The predicted octanol–water partition coefficient (Wildman–Crippen LogP) is 1.05. The Bertz CT molecular complexity index is 116. The fraction of sp³-hybridized carbons (Fsp3) is 1.00. The van der Waals surface area contributed by atoms with Gasteiger partial charge in [0, 0.05) is 7.11 Å². The molecule has 0 saturated heterocycles. The summed E-state index contributed by atoms with van der Waals surface area (Å²) in [6.07, 6.45) is 0. The van der Waals surface area contributed by atoms with Gasteiger partial charge in [-0.25, -0.2) is 4.84 Å². The van der Waals surface area contributed by atoms with Crippen LogP contribution in [-0.4, -0.2) is 45.1 Å². The first-order valence-corrected chi connectivity index (χ1v) is 3.78. The molecule has 0 aliphatic rings. The zero-order valence-electron chi connectivity index (χ0n) is 8.47. The van der Waals surface area contributed by atoms with Crippen molar-refractivity contribution in [1.82, 2.24) is 0 Å². The quantitative estimate of drug-likeness (QED) is 0.454. The molecule has 0 N–H and O–H groups in total. The Balaban J connectivity index is 3.70. The molecule has 3 nitrogen and oxygen atoms in total. The molecule has 68 valence electrons. The van der Waals surface area contributed by atoms with Crippen LogP contribution in [-0.2, 0) is 9.57 Å². The Labute approximate surface area is 69.4 Å². The molecule has 0 radical (unpaired) electrons. The molecule has 0 saturated carbocycles. The third kappa shape index (κ3) is 6.28. The van der Waals surface area contributed by atoms with Crippen LogP contribution in [0.25, 0.3) is 0 Å². The first-order chi connectivity index (χ1) is 4.77. The second kappa shape index (κ2) is 3.52. The van der Waals surface area contributed by atoms with Gasteiger partial charge in [0.1, 0.15) is 6.61 Å². The lowest BCUT2D eigenvalue weighted by atomic mass is 10.2. The van der Waals surface area contributed by atoms with Crippen molar-refractivity contribution < 1.29 is 14.2 Å². The second-order valence-electron chi connectivity index (χ2n) is 4.13. The van der Waals surface area contributed by atoms with Gasteiger partial charge in [-0.15, -0.1) is 0 Å². The van der Waals surface area contributed by atoms with E-state index in [1.807, 2.05) is 35.0 Å². The first kappa shape index (κ1) is 10.9. The van der Waals surface area contributed by atoms with Crippen molar-refractivity contribution in [3.63, 3.8) is 0 Å². The zero-order chi connectivity index (χ0) is 9.12. The number of rotatable bonds is 4. The van der Waals surface area contributed by atoms with Gasteiger partial charge in [-0.05, 0) is 13.8 Å². The molecule has 0 atom stereocenters. The maximum absolute atomic E-state index is 5.50. The third-order valence-electron chi connectivity index (χ3n) is 1.35. The summed E-state index contributed by atoms with van der Waals surface area (Å²) in [7, 11) is 7.63. The predicted molar refractivity (Wildman–Crippen MR) is 45.1 cm³/mol. The van der Waals surface area contributed by atoms with Crippen molar-refractivity contribution in [2.24, 2.45) is 0 Å². The van der Waals surface area contributed by atoms with Gasteiger partial charge in [-0.1, -0.05) is 0 Å². The summed E-state index contributed by atoms with van der Waals surface area (Å²) in [6.45, 7) is 4.61. The number of methoxy groups -OCH3 is 1. The molecule has 0 fully saturated rings. The standard InChI is InChI=1S/C8H20NO2/c1-8(2,10-6)7-11-9(3,4)5/h7H2,1-6H3/q+1. The summed E-state index contributed by atoms with van der Waals surface area (Å²) in [5, 5.41) is 0. The molecule has 0 spiro atoms. The summed E-state index contributed by atoms with van der Waals surface area (Å²) < 4.78 is 5.70. The minimum Gasteiger partial charge on any atom is -0.376 e. The van der Waals surface area contributed by atoms with Crippen LogP contribution < -0.4 is 0 Å². The molecule has 0 aromatic carbocycles. The molecule has 0 aromatic heterocycles. The largest absolute Gasteiger partial charge is 0.376 e. The van der Waals surface area contributed by atoms with E-state index < -0.39 is 0 Å². The van der Waals surface area contributed by atoms with Crippen LogP contribution in [0.5, 0.6) is 0 Å². The number of hydrogen-bond donors (Lipinski definition) is 0. The maximum atomic E-state index is 5.50. The van der Waals surface area contributed by atoms with Crippen molar-refractivity contribution in [2.75, 3.05) is 34.9 Å². The van der Waals surface area contributed by atoms with Crippen LogP contribution in [0.3, 0.4) is 0 Å². The average molecular weight is 162 g/mol. The van der Waals surface area contributed by atoms with E-state index in [9.17, 15) is 0 Å². The first-order valence-electron chi connectivity index (χ1n) is 3.78. The monoisotopic (exact) mass is 162 g/mol. The van der Waals surface area contributed by atoms with E-state index in [1.54, 1.807) is 7.11 Å². The number of ether oxygens (including phenoxy) is 1. The molecule has 0 amide bonds. The van der Waals surface area contributed by atoms with E-state index in [1.165, 1.54) is 0 Å². The van der Waals surface area contributed by atoms with E-state index >= 15 is 0 Å². The van der Waals surface area contributed by atoms with Gasteiger partial charge in [0.15, 0.2) is 0 Å². The molecule has 0 bridgehead atoms. The molecule has 3 heteroatoms. The SMILES string of the molecule is COC(C)(C)CO[N+](C)(C)C. The number of hydrogen-bond acceptors (Lipinski definition) is 2. The fourth-order valence-corrected chi connectivity index (χ4v) is 0.408. The highest BCUT2D eigenvalue weighted by Crippen LogP contribution is 2.09. The van der Waals surface area contributed by atoms with Crippen LogP contribution in [0, 0.1) is 0 Å². The minimum absolute atomic E-state index is 0.189. The summed E-state index contributed by atoms with van der Waals surface area (Å²) >= 11 is 0. The van der Waals surface area contributed by atoms with Gasteiger partial charge in [-0.2, -0.15) is 4.65 Å². The minimum atomic E-state index is -0.189. The summed E-state index contributed by atoms with van der Waals surface area (Å²) in [4.78, 5) is 5.50. The van der Waals surface area contributed by atoms with Crippen molar-refractivity contribution in [3.05, 3.63) is 0 Å². The van der Waals surface area contributed by atoms with Gasteiger partial charge in [-0.3, -0.25) is 0 Å². The topological polar surface area (TPSA) is 18.5 Å². The van der Waals surface area contributed by atoms with Crippen molar-refractivity contribution >= 4 is 0 Å². The number of hydroxylamine groups is 3. The second-order valence-corrected chi connectivity index (χ2v) is 4.13. The molecule has 0 aliphatic heterocycles. The van der Waals surface area contributed by atoms with E-state index in [2.05, 4.69) is 0 Å². The summed E-state index contributed by atoms with van der Waals surface area (Å²) in [6, 6.07) is 0. The Morgan fingerprint density at radius 1 is 1.18 bits per heavy atom. The highest BCUT2D eigenvalue weighted by molar-refractivity contribution is 4.64. The average Bonchev–Trinajstić information content (AvgIpc) is 1.83. The van der Waals surface area contributed by atoms with Gasteiger partial charge < -0.3 is 4.74 Å². The normalized spacial score (nSPS) is 13.6. The molecule has 0 heterocycles. The van der Waals surface area contributed by atoms with Crippen molar-refractivity contribution in [3.8, 4) is 0 Å². The van der Waals surface area contributed by atoms with Crippen LogP contribution in [0.15, 0.2) is 0 Å². The van der Waals surface area contributed by atoms with E-state index in [0.717, 1.165) is 0 Å². The van der Waals surface area contributed by atoms with Crippen LogP contribution in [0.1, 0.15) is 13.8 Å². The van der Waals surface area contributed by atoms with Gasteiger partial charge in [0.25, 0.3) is 0 Å². The van der Waals surface area contributed by atoms with Crippen LogP contribution >= 0.6 is 0 Å². The third-order valence-corrected chi connectivity index (χ3v) is 1.35. The molecule has 0 aliphatic carbocycles. The number of nitrogens with zero attached hydrogens (tertiary/aromatic N) is 1. The maximum Gasteiger partial charge on any atom is 0.134 e. The van der Waals surface area contributed by atoms with Crippen molar-refractivity contribution in [1.29, 1.82) is 0 Å². The van der Waals surface area contributed by atoms with Crippen molar-refractivity contribution in [2.45, 2.75) is 19.4 Å². The lowest BCUT2D eigenvalue weighted by molar-refractivity contribution is -1.06. The van der Waals surface area contributed by atoms with Gasteiger partial charge in [0.2, 0.25) is 0 Å². The Hall–Kier alpha value is -0.120. The lowest BCUT2D eigenvalue weighted by Crippen LogP contribution is -2.41. The van der Waals surface area contributed by atoms with Crippen LogP contribution in [0.2, 0.25) is 0 Å². The fourth-order valence-electron chi connectivity index (χ4n) is 0.408. The lowest BCUT2D eigenvalue weighted by Gasteiger charge is -2.28. The smallest absolute Gasteiger partial charge is 0.134 e. The van der Waals surface area contributed by atoms with Gasteiger partial charge in [0.05, 0.1) is 26.7 Å². The molecule has 0 unspecified atom stereocenters. The highest BCUT2D eigenvalue weighted by atomic mass is 16.7. The Morgan fingerprint density at radius 3 is 1.91 bits per heavy atom. The molecule has 0 aromatic rings. The number of quaternary nitrogens is 1. The molecule has 11 heavy (non-hydrogen) atoms. The van der Waals surface area contributed by atoms with Gasteiger partial charge >= 0.3 is 0 Å². The molecular formula is C8H20NO2+. The Kier molecular flexibility index (Phi) is 3.48. The summed E-state index contributed by atoms with van der Waals surface area (Å²) in [5.41, 5.74) is -0.189.